The van der Waals surface area contributed by atoms with Crippen LogP contribution in [0.3, 0.4) is 0 Å². The Balaban J connectivity index is 2.12. The summed E-state index contributed by atoms with van der Waals surface area (Å²) in [6.45, 7) is 0. The molecule has 9 heteroatoms. The second kappa shape index (κ2) is 4.72. The number of alkyl halides is 6. The SMILES string of the molecule is O=C1[C@H]2CC[C@H]2C(=O)N1c1cc(C(F)(F)F)cc(C(F)(F)F)c1. The monoisotopic (exact) mass is 337 g/mol. The first kappa shape index (κ1) is 15.8. The fourth-order valence-corrected chi connectivity index (χ4v) is 2.85. The van der Waals surface area contributed by atoms with Gasteiger partial charge in [-0.15, -0.1) is 0 Å². The van der Waals surface area contributed by atoms with E-state index in [2.05, 4.69) is 0 Å². The van der Waals surface area contributed by atoms with Crippen LogP contribution in [-0.2, 0) is 21.9 Å². The lowest BCUT2D eigenvalue weighted by molar-refractivity contribution is -0.143. The number of halogens is 6. The minimum atomic E-state index is -5.03. The van der Waals surface area contributed by atoms with E-state index in [1.54, 1.807) is 0 Å². The lowest BCUT2D eigenvalue weighted by atomic mass is 9.76. The standard InChI is InChI=1S/C14H9F6NO2/c15-13(16,17)6-3-7(14(18,19)20)5-8(4-6)21-11(22)9-1-2-10(9)12(21)23/h3-5,9-10H,1-2H2/t9-,10+. The largest absolute Gasteiger partial charge is 0.416 e. The van der Waals surface area contributed by atoms with Gasteiger partial charge in [-0.1, -0.05) is 0 Å². The van der Waals surface area contributed by atoms with Crippen LogP contribution in [0.4, 0.5) is 32.0 Å². The molecule has 3 rings (SSSR count). The lowest BCUT2D eigenvalue weighted by Crippen LogP contribution is -2.30. The molecule has 23 heavy (non-hydrogen) atoms. The molecule has 2 atom stereocenters. The highest BCUT2D eigenvalue weighted by molar-refractivity contribution is 6.22. The topological polar surface area (TPSA) is 37.4 Å². The highest BCUT2D eigenvalue weighted by Crippen LogP contribution is 2.46. The van der Waals surface area contributed by atoms with Crippen molar-refractivity contribution in [2.45, 2.75) is 25.2 Å². The number of fused-ring (bicyclic) bond motifs is 1. The number of carbonyl (C=O) groups is 2. The summed E-state index contributed by atoms with van der Waals surface area (Å²) >= 11 is 0. The molecule has 0 aromatic heterocycles. The van der Waals surface area contributed by atoms with Crippen LogP contribution in [0.5, 0.6) is 0 Å². The maximum absolute atomic E-state index is 12.8. The minimum Gasteiger partial charge on any atom is -0.274 e. The molecule has 2 fully saturated rings. The van der Waals surface area contributed by atoms with Gasteiger partial charge >= 0.3 is 12.4 Å². The quantitative estimate of drug-likeness (QED) is 0.580. The molecule has 1 heterocycles. The van der Waals surface area contributed by atoms with Gasteiger partial charge in [0, 0.05) is 0 Å². The molecule has 0 bridgehead atoms. The Morgan fingerprint density at radius 1 is 0.783 bits per heavy atom. The van der Waals surface area contributed by atoms with Gasteiger partial charge in [-0.3, -0.25) is 14.5 Å². The second-order valence-corrected chi connectivity index (χ2v) is 5.57. The zero-order valence-electron chi connectivity index (χ0n) is 11.3. The maximum atomic E-state index is 12.8. The number of nitrogens with zero attached hydrogens (tertiary/aromatic N) is 1. The molecule has 124 valence electrons. The summed E-state index contributed by atoms with van der Waals surface area (Å²) in [5, 5.41) is 0. The zero-order chi connectivity index (χ0) is 17.2. The van der Waals surface area contributed by atoms with Gasteiger partial charge in [-0.25, -0.2) is 0 Å². The van der Waals surface area contributed by atoms with Crippen molar-refractivity contribution < 1.29 is 35.9 Å². The lowest BCUT2D eigenvalue weighted by Gasteiger charge is -2.23. The van der Waals surface area contributed by atoms with Crippen molar-refractivity contribution in [1.29, 1.82) is 0 Å². The molecular formula is C14H9F6NO2. The Hall–Kier alpha value is -2.06. The molecule has 1 saturated carbocycles. The first-order valence-corrected chi connectivity index (χ1v) is 6.67. The van der Waals surface area contributed by atoms with Crippen molar-refractivity contribution >= 4 is 17.5 Å². The van der Waals surface area contributed by atoms with Crippen LogP contribution in [0.15, 0.2) is 18.2 Å². The van der Waals surface area contributed by atoms with Crippen molar-refractivity contribution in [2.75, 3.05) is 4.90 Å². The predicted molar refractivity (Wildman–Crippen MR) is 65.2 cm³/mol. The first-order valence-electron chi connectivity index (χ1n) is 6.67. The van der Waals surface area contributed by atoms with Crippen molar-refractivity contribution in [3.63, 3.8) is 0 Å². The van der Waals surface area contributed by atoms with E-state index in [0.717, 1.165) is 0 Å². The molecule has 0 spiro atoms. The van der Waals surface area contributed by atoms with Gasteiger partial charge in [-0.2, -0.15) is 26.3 Å². The van der Waals surface area contributed by atoms with E-state index >= 15 is 0 Å². The van der Waals surface area contributed by atoms with Crippen LogP contribution in [0.2, 0.25) is 0 Å². The highest BCUT2D eigenvalue weighted by Gasteiger charge is 2.53. The summed E-state index contributed by atoms with van der Waals surface area (Å²) in [7, 11) is 0. The molecular weight excluding hydrogens is 328 g/mol. The van der Waals surface area contributed by atoms with Crippen molar-refractivity contribution in [3.05, 3.63) is 29.3 Å². The number of amides is 2. The summed E-state index contributed by atoms with van der Waals surface area (Å²) in [6, 6.07) is 0.759. The van der Waals surface area contributed by atoms with Gasteiger partial charge in [0.25, 0.3) is 0 Å². The fraction of sp³-hybridized carbons (Fsp3) is 0.429. The van der Waals surface area contributed by atoms with E-state index in [4.69, 9.17) is 0 Å². The van der Waals surface area contributed by atoms with Crippen LogP contribution in [0.25, 0.3) is 0 Å². The first-order chi connectivity index (χ1) is 10.5. The normalized spacial score (nSPS) is 24.7. The predicted octanol–water partition coefficient (Wildman–Crippen LogP) is 3.62. The number of rotatable bonds is 1. The summed E-state index contributed by atoms with van der Waals surface area (Å²) in [6.07, 6.45) is -9.23. The summed E-state index contributed by atoms with van der Waals surface area (Å²) in [5.74, 6) is -2.74. The van der Waals surface area contributed by atoms with Crippen LogP contribution < -0.4 is 4.90 Å². The molecule has 1 aliphatic heterocycles. The number of hydrogen-bond acceptors (Lipinski definition) is 2. The molecule has 0 N–H and O–H groups in total. The van der Waals surface area contributed by atoms with E-state index in [1.807, 2.05) is 0 Å². The molecule has 0 unspecified atom stereocenters. The van der Waals surface area contributed by atoms with Gasteiger partial charge in [0.05, 0.1) is 28.7 Å². The van der Waals surface area contributed by atoms with Gasteiger partial charge in [0.2, 0.25) is 11.8 Å². The molecule has 1 aromatic rings. The van der Waals surface area contributed by atoms with Gasteiger partial charge < -0.3 is 0 Å². The maximum Gasteiger partial charge on any atom is 0.416 e. The van der Waals surface area contributed by atoms with Crippen LogP contribution in [0, 0.1) is 11.8 Å². The Labute approximate surface area is 125 Å². The summed E-state index contributed by atoms with van der Waals surface area (Å²) in [4.78, 5) is 24.5. The molecule has 1 aromatic carbocycles. The number of anilines is 1. The van der Waals surface area contributed by atoms with E-state index in [-0.39, 0.29) is 6.07 Å². The van der Waals surface area contributed by atoms with Crippen LogP contribution >= 0.6 is 0 Å². The molecule has 2 amide bonds. The van der Waals surface area contributed by atoms with Crippen molar-refractivity contribution in [1.82, 2.24) is 0 Å². The van der Waals surface area contributed by atoms with Crippen molar-refractivity contribution in [3.8, 4) is 0 Å². The minimum absolute atomic E-state index is 0.0386. The van der Waals surface area contributed by atoms with Gasteiger partial charge in [-0.05, 0) is 31.0 Å². The third-order valence-corrected chi connectivity index (χ3v) is 4.18. The molecule has 2 aliphatic rings. The van der Waals surface area contributed by atoms with E-state index in [0.29, 0.717) is 29.9 Å². The number of hydrogen-bond donors (Lipinski definition) is 0. The molecule has 0 radical (unpaired) electrons. The van der Waals surface area contributed by atoms with Crippen molar-refractivity contribution in [2.24, 2.45) is 11.8 Å². The molecule has 1 saturated heterocycles. The number of benzene rings is 1. The fourth-order valence-electron chi connectivity index (χ4n) is 2.85. The van der Waals surface area contributed by atoms with Crippen LogP contribution in [0.1, 0.15) is 24.0 Å². The Kier molecular flexibility index (Phi) is 3.24. The van der Waals surface area contributed by atoms with E-state index < -0.39 is 52.8 Å². The Morgan fingerprint density at radius 2 is 1.17 bits per heavy atom. The second-order valence-electron chi connectivity index (χ2n) is 5.57. The third-order valence-electron chi connectivity index (χ3n) is 4.18. The summed E-state index contributed by atoms with van der Waals surface area (Å²) < 4.78 is 77.0. The van der Waals surface area contributed by atoms with Crippen LogP contribution in [-0.4, -0.2) is 11.8 Å². The van der Waals surface area contributed by atoms with E-state index in [9.17, 15) is 35.9 Å². The van der Waals surface area contributed by atoms with Gasteiger partial charge in [0.1, 0.15) is 0 Å². The van der Waals surface area contributed by atoms with E-state index in [1.165, 1.54) is 0 Å². The molecule has 1 aliphatic carbocycles. The number of imide groups is 1. The average molecular weight is 337 g/mol. The number of carbonyl (C=O) groups excluding carboxylic acids is 2. The Morgan fingerprint density at radius 3 is 1.48 bits per heavy atom. The smallest absolute Gasteiger partial charge is 0.274 e. The third kappa shape index (κ3) is 2.47. The highest BCUT2D eigenvalue weighted by atomic mass is 19.4. The average Bonchev–Trinajstić information content (AvgIpc) is 2.51. The van der Waals surface area contributed by atoms with Gasteiger partial charge in [0.15, 0.2) is 0 Å². The summed E-state index contributed by atoms with van der Waals surface area (Å²) in [5.41, 5.74) is -3.79. The Bertz CT molecular complexity index is 639. The zero-order valence-corrected chi connectivity index (χ0v) is 11.3. The molecule has 3 nitrogen and oxygen atoms in total.